The SMILES string of the molecule is O=C(Oc1cc(-c2ccc(F)cc2)c2oc(=O)sc2c1)c1ccco1. The van der Waals surface area contributed by atoms with Crippen LogP contribution in [0.4, 0.5) is 4.39 Å². The van der Waals surface area contributed by atoms with Gasteiger partial charge in [-0.15, -0.1) is 0 Å². The van der Waals surface area contributed by atoms with E-state index in [1.165, 1.54) is 24.5 Å². The van der Waals surface area contributed by atoms with E-state index in [1.807, 2.05) is 0 Å². The van der Waals surface area contributed by atoms with Crippen LogP contribution < -0.4 is 9.68 Å². The number of fused-ring (bicyclic) bond motifs is 1. The van der Waals surface area contributed by atoms with Crippen molar-refractivity contribution in [2.24, 2.45) is 0 Å². The summed E-state index contributed by atoms with van der Waals surface area (Å²) in [4.78, 5) is 23.2. The molecule has 0 radical (unpaired) electrons. The van der Waals surface area contributed by atoms with Crippen molar-refractivity contribution in [1.29, 1.82) is 0 Å². The minimum atomic E-state index is -0.662. The second kappa shape index (κ2) is 6.03. The zero-order chi connectivity index (χ0) is 17.4. The first kappa shape index (κ1) is 15.3. The summed E-state index contributed by atoms with van der Waals surface area (Å²) in [6.45, 7) is 0. The van der Waals surface area contributed by atoms with E-state index >= 15 is 0 Å². The molecule has 4 aromatic rings. The summed E-state index contributed by atoms with van der Waals surface area (Å²) >= 11 is 0.892. The molecule has 0 N–H and O–H groups in total. The third kappa shape index (κ3) is 2.97. The van der Waals surface area contributed by atoms with Gasteiger partial charge in [-0.2, -0.15) is 0 Å². The Labute approximate surface area is 143 Å². The normalized spacial score (nSPS) is 10.9. The summed E-state index contributed by atoms with van der Waals surface area (Å²) in [5, 5.41) is 0. The van der Waals surface area contributed by atoms with Gasteiger partial charge in [0.25, 0.3) is 0 Å². The van der Waals surface area contributed by atoms with E-state index in [2.05, 4.69) is 0 Å². The van der Waals surface area contributed by atoms with Crippen molar-refractivity contribution >= 4 is 27.6 Å². The van der Waals surface area contributed by atoms with E-state index in [1.54, 1.807) is 30.3 Å². The number of ether oxygens (including phenoxy) is 1. The van der Waals surface area contributed by atoms with Crippen molar-refractivity contribution < 1.29 is 22.8 Å². The minimum Gasteiger partial charge on any atom is -0.457 e. The fraction of sp³-hybridized carbons (Fsp3) is 0. The molecule has 0 atom stereocenters. The lowest BCUT2D eigenvalue weighted by Crippen LogP contribution is -2.07. The van der Waals surface area contributed by atoms with Gasteiger partial charge in [0.2, 0.25) is 5.76 Å². The number of halogens is 1. The number of esters is 1. The van der Waals surface area contributed by atoms with Crippen LogP contribution in [0.25, 0.3) is 21.4 Å². The van der Waals surface area contributed by atoms with Crippen molar-refractivity contribution in [3.8, 4) is 16.9 Å². The number of hydrogen-bond donors (Lipinski definition) is 0. The zero-order valence-corrected chi connectivity index (χ0v) is 13.3. The maximum Gasteiger partial charge on any atom is 0.396 e. The van der Waals surface area contributed by atoms with Crippen molar-refractivity contribution in [2.75, 3.05) is 0 Å². The number of benzene rings is 2. The maximum atomic E-state index is 13.2. The third-order valence-electron chi connectivity index (χ3n) is 3.50. The van der Waals surface area contributed by atoms with Crippen molar-refractivity contribution in [3.05, 3.63) is 76.1 Å². The van der Waals surface area contributed by atoms with Gasteiger partial charge in [0.1, 0.15) is 11.6 Å². The number of rotatable bonds is 3. The molecule has 0 amide bonds. The van der Waals surface area contributed by atoms with Crippen molar-refractivity contribution in [1.82, 2.24) is 0 Å². The molecular formula is C18H9FO5S. The molecule has 25 heavy (non-hydrogen) atoms. The highest BCUT2D eigenvalue weighted by atomic mass is 32.1. The fourth-order valence-corrected chi connectivity index (χ4v) is 3.13. The van der Waals surface area contributed by atoms with Crippen LogP contribution >= 0.6 is 11.3 Å². The summed E-state index contributed by atoms with van der Waals surface area (Å²) < 4.78 is 29.2. The van der Waals surface area contributed by atoms with Gasteiger partial charge in [-0.1, -0.05) is 23.5 Å². The summed E-state index contributed by atoms with van der Waals surface area (Å²) in [5.74, 6) is -0.758. The monoisotopic (exact) mass is 356 g/mol. The molecule has 0 bridgehead atoms. The second-order valence-corrected chi connectivity index (χ2v) is 6.10. The number of hydrogen-bond acceptors (Lipinski definition) is 6. The Kier molecular flexibility index (Phi) is 3.70. The van der Waals surface area contributed by atoms with Gasteiger partial charge in [0.05, 0.1) is 11.0 Å². The lowest BCUT2D eigenvalue weighted by Gasteiger charge is -2.07. The van der Waals surface area contributed by atoms with Gasteiger partial charge < -0.3 is 13.6 Å². The molecule has 0 spiro atoms. The Bertz CT molecular complexity index is 1110. The molecule has 0 fully saturated rings. The molecule has 124 valence electrons. The van der Waals surface area contributed by atoms with Crippen LogP contribution in [0.3, 0.4) is 0 Å². The Morgan fingerprint density at radius 1 is 1.12 bits per heavy atom. The summed E-state index contributed by atoms with van der Waals surface area (Å²) in [7, 11) is 0. The van der Waals surface area contributed by atoms with E-state index in [4.69, 9.17) is 13.6 Å². The first-order valence-corrected chi connectivity index (χ1v) is 8.01. The van der Waals surface area contributed by atoms with E-state index in [9.17, 15) is 14.0 Å². The Hall–Kier alpha value is -3.19. The van der Waals surface area contributed by atoms with Gasteiger partial charge in [0.15, 0.2) is 5.58 Å². The second-order valence-electron chi connectivity index (χ2n) is 5.13. The topological polar surface area (TPSA) is 69.7 Å². The Morgan fingerprint density at radius 3 is 2.64 bits per heavy atom. The highest BCUT2D eigenvalue weighted by Crippen LogP contribution is 2.34. The highest BCUT2D eigenvalue weighted by Gasteiger charge is 2.17. The summed E-state index contributed by atoms with van der Waals surface area (Å²) in [6, 6.07) is 11.9. The predicted octanol–water partition coefficient (Wildman–Crippen LogP) is 4.47. The first-order valence-electron chi connectivity index (χ1n) is 7.19. The molecule has 4 rings (SSSR count). The molecule has 0 aliphatic heterocycles. The van der Waals surface area contributed by atoms with E-state index < -0.39 is 10.9 Å². The predicted molar refractivity (Wildman–Crippen MR) is 89.4 cm³/mol. The Morgan fingerprint density at radius 2 is 1.92 bits per heavy atom. The van der Waals surface area contributed by atoms with Crippen LogP contribution in [0.5, 0.6) is 5.75 Å². The van der Waals surface area contributed by atoms with Crippen LogP contribution in [0.2, 0.25) is 0 Å². The Balaban J connectivity index is 1.82. The van der Waals surface area contributed by atoms with E-state index in [0.717, 1.165) is 11.3 Å². The molecule has 2 aromatic heterocycles. The molecule has 0 saturated heterocycles. The number of carbonyl (C=O) groups excluding carboxylic acids is 1. The molecule has 0 unspecified atom stereocenters. The van der Waals surface area contributed by atoms with Crippen LogP contribution in [-0.4, -0.2) is 5.97 Å². The van der Waals surface area contributed by atoms with Crippen LogP contribution in [-0.2, 0) is 0 Å². The molecule has 2 heterocycles. The minimum absolute atomic E-state index is 0.0591. The summed E-state index contributed by atoms with van der Waals surface area (Å²) in [6.07, 6.45) is 1.37. The summed E-state index contributed by atoms with van der Waals surface area (Å²) in [5.41, 5.74) is 1.52. The van der Waals surface area contributed by atoms with Crippen LogP contribution in [0.15, 0.2) is 68.4 Å². The van der Waals surface area contributed by atoms with Gasteiger partial charge >= 0.3 is 10.9 Å². The number of furan rings is 1. The van der Waals surface area contributed by atoms with Crippen molar-refractivity contribution in [3.63, 3.8) is 0 Å². The van der Waals surface area contributed by atoms with Crippen molar-refractivity contribution in [2.45, 2.75) is 0 Å². The van der Waals surface area contributed by atoms with Crippen LogP contribution in [0.1, 0.15) is 10.6 Å². The molecule has 5 nitrogen and oxygen atoms in total. The van der Waals surface area contributed by atoms with E-state index in [-0.39, 0.29) is 17.3 Å². The maximum absolute atomic E-state index is 13.2. The standard InChI is InChI=1S/C18H9FO5S/c19-11-5-3-10(4-6-11)13-8-12(9-15-16(13)24-18(21)25-15)23-17(20)14-2-1-7-22-14/h1-9H. The lowest BCUT2D eigenvalue weighted by atomic mass is 10.0. The largest absolute Gasteiger partial charge is 0.457 e. The first-order chi connectivity index (χ1) is 12.1. The van der Waals surface area contributed by atoms with E-state index in [0.29, 0.717) is 21.4 Å². The third-order valence-corrected chi connectivity index (χ3v) is 4.27. The van der Waals surface area contributed by atoms with Gasteiger partial charge in [-0.05, 0) is 35.9 Å². The van der Waals surface area contributed by atoms with Crippen LogP contribution in [0, 0.1) is 5.82 Å². The van der Waals surface area contributed by atoms with Gasteiger partial charge in [-0.25, -0.2) is 14.0 Å². The smallest absolute Gasteiger partial charge is 0.396 e. The zero-order valence-electron chi connectivity index (χ0n) is 12.5. The van der Waals surface area contributed by atoms with Gasteiger partial charge in [0, 0.05) is 11.6 Å². The number of carbonyl (C=O) groups is 1. The molecule has 0 aliphatic carbocycles. The average Bonchev–Trinajstić information content (AvgIpc) is 3.23. The lowest BCUT2D eigenvalue weighted by molar-refractivity contribution is 0.0701. The quantitative estimate of drug-likeness (QED) is 0.400. The molecule has 0 saturated carbocycles. The fourth-order valence-electron chi connectivity index (χ4n) is 2.41. The molecule has 7 heteroatoms. The average molecular weight is 356 g/mol. The highest BCUT2D eigenvalue weighted by molar-refractivity contribution is 7.16. The van der Waals surface area contributed by atoms with Gasteiger partial charge in [-0.3, -0.25) is 0 Å². The molecule has 2 aromatic carbocycles. The molecule has 0 aliphatic rings. The molecular weight excluding hydrogens is 347 g/mol.